The summed E-state index contributed by atoms with van der Waals surface area (Å²) in [6.45, 7) is 4.88. The minimum absolute atomic E-state index is 0.355. The SMILES string of the molecule is CC(C)(I)CCCCCCO. The highest BCUT2D eigenvalue weighted by Crippen LogP contribution is 2.24. The van der Waals surface area contributed by atoms with Gasteiger partial charge in [-0.1, -0.05) is 55.7 Å². The van der Waals surface area contributed by atoms with Crippen molar-refractivity contribution in [3.8, 4) is 0 Å². The van der Waals surface area contributed by atoms with Crippen molar-refractivity contribution in [3.05, 3.63) is 0 Å². The lowest BCUT2D eigenvalue weighted by atomic mass is 10.0. The van der Waals surface area contributed by atoms with Gasteiger partial charge in [0.1, 0.15) is 0 Å². The van der Waals surface area contributed by atoms with Gasteiger partial charge in [-0.3, -0.25) is 0 Å². The maximum atomic E-state index is 8.52. The second-order valence-electron chi connectivity index (χ2n) is 3.61. The highest BCUT2D eigenvalue weighted by molar-refractivity contribution is 14.1. The van der Waals surface area contributed by atoms with Crippen molar-refractivity contribution in [1.82, 2.24) is 0 Å². The Morgan fingerprint density at radius 3 is 2.09 bits per heavy atom. The normalized spacial score (nSPS) is 12.0. The molecular weight excluding hydrogens is 251 g/mol. The number of unbranched alkanes of at least 4 members (excludes halogenated alkanes) is 3. The maximum Gasteiger partial charge on any atom is 0.0431 e. The first-order valence-corrected chi connectivity index (χ1v) is 5.44. The smallest absolute Gasteiger partial charge is 0.0431 e. The van der Waals surface area contributed by atoms with E-state index in [4.69, 9.17) is 5.11 Å². The molecule has 0 saturated carbocycles. The molecule has 0 aliphatic heterocycles. The van der Waals surface area contributed by atoms with Crippen molar-refractivity contribution in [2.75, 3.05) is 6.61 Å². The van der Waals surface area contributed by atoms with Crippen molar-refractivity contribution in [2.45, 2.75) is 49.4 Å². The van der Waals surface area contributed by atoms with Crippen molar-refractivity contribution >= 4 is 22.6 Å². The number of hydrogen-bond acceptors (Lipinski definition) is 1. The second kappa shape index (κ2) is 6.23. The Labute approximate surface area is 83.7 Å². The first-order valence-electron chi connectivity index (χ1n) is 4.36. The number of aliphatic hydroxyl groups excluding tert-OH is 1. The fraction of sp³-hybridized carbons (Fsp3) is 1.00. The Balaban J connectivity index is 3.02. The summed E-state index contributed by atoms with van der Waals surface area (Å²) in [5, 5.41) is 8.52. The lowest BCUT2D eigenvalue weighted by Crippen LogP contribution is -2.07. The van der Waals surface area contributed by atoms with E-state index in [1.54, 1.807) is 0 Å². The predicted octanol–water partition coefficient (Wildman–Crippen LogP) is 3.14. The quantitative estimate of drug-likeness (QED) is 0.446. The first kappa shape index (κ1) is 11.7. The molecule has 0 aromatic heterocycles. The lowest BCUT2D eigenvalue weighted by molar-refractivity contribution is 0.282. The van der Waals surface area contributed by atoms with E-state index in [9.17, 15) is 0 Å². The van der Waals surface area contributed by atoms with Crippen LogP contribution in [0.3, 0.4) is 0 Å². The summed E-state index contributed by atoms with van der Waals surface area (Å²) in [7, 11) is 0. The average Bonchev–Trinajstić information content (AvgIpc) is 1.85. The van der Waals surface area contributed by atoms with E-state index in [0.29, 0.717) is 10.0 Å². The van der Waals surface area contributed by atoms with Crippen LogP contribution in [0, 0.1) is 0 Å². The highest BCUT2D eigenvalue weighted by Gasteiger charge is 2.10. The molecule has 0 bridgehead atoms. The van der Waals surface area contributed by atoms with Crippen molar-refractivity contribution in [2.24, 2.45) is 0 Å². The molecule has 11 heavy (non-hydrogen) atoms. The summed E-state index contributed by atoms with van der Waals surface area (Å²) in [5.41, 5.74) is 0. The van der Waals surface area contributed by atoms with Crippen LogP contribution in [0.15, 0.2) is 0 Å². The molecule has 0 amide bonds. The highest BCUT2D eigenvalue weighted by atomic mass is 127. The molecule has 0 aromatic carbocycles. The van der Waals surface area contributed by atoms with Crippen LogP contribution in [0.25, 0.3) is 0 Å². The number of alkyl halides is 1. The molecular formula is C9H19IO. The third kappa shape index (κ3) is 10.7. The third-order valence-corrected chi connectivity index (χ3v) is 2.22. The van der Waals surface area contributed by atoms with Crippen LogP contribution < -0.4 is 0 Å². The molecule has 0 spiro atoms. The topological polar surface area (TPSA) is 20.2 Å². The molecule has 0 radical (unpaired) electrons. The van der Waals surface area contributed by atoms with Gasteiger partial charge in [0, 0.05) is 10.0 Å². The number of aliphatic hydroxyl groups is 1. The maximum absolute atomic E-state index is 8.52. The van der Waals surface area contributed by atoms with Crippen LogP contribution in [-0.2, 0) is 0 Å². The summed E-state index contributed by atoms with van der Waals surface area (Å²) in [6, 6.07) is 0. The molecule has 0 heterocycles. The summed E-state index contributed by atoms with van der Waals surface area (Å²) in [6.07, 6.45) is 6.02. The molecule has 0 saturated heterocycles. The Kier molecular flexibility index (Phi) is 6.62. The molecule has 2 heteroatoms. The van der Waals surface area contributed by atoms with Crippen LogP contribution in [-0.4, -0.2) is 15.1 Å². The summed E-state index contributed by atoms with van der Waals surface area (Å²) >= 11 is 2.49. The van der Waals surface area contributed by atoms with Gasteiger partial charge in [-0.25, -0.2) is 0 Å². The first-order chi connectivity index (χ1) is 5.06. The number of rotatable bonds is 6. The van der Waals surface area contributed by atoms with Crippen molar-refractivity contribution in [1.29, 1.82) is 0 Å². The van der Waals surface area contributed by atoms with Gasteiger partial charge in [-0.15, -0.1) is 0 Å². The fourth-order valence-corrected chi connectivity index (χ4v) is 1.39. The zero-order chi connectivity index (χ0) is 8.74. The van der Waals surface area contributed by atoms with E-state index < -0.39 is 0 Å². The monoisotopic (exact) mass is 270 g/mol. The number of hydrogen-bond donors (Lipinski definition) is 1. The van der Waals surface area contributed by atoms with Crippen LogP contribution >= 0.6 is 22.6 Å². The Bertz CT molecular complexity index is 86.1. The molecule has 0 atom stereocenters. The van der Waals surface area contributed by atoms with E-state index >= 15 is 0 Å². The van der Waals surface area contributed by atoms with Gasteiger partial charge >= 0.3 is 0 Å². The number of halogens is 1. The summed E-state index contributed by atoms with van der Waals surface area (Å²) in [4.78, 5) is 0. The second-order valence-corrected chi connectivity index (χ2v) is 6.53. The van der Waals surface area contributed by atoms with Crippen molar-refractivity contribution < 1.29 is 5.11 Å². The Morgan fingerprint density at radius 1 is 1.09 bits per heavy atom. The van der Waals surface area contributed by atoms with E-state index in [0.717, 1.165) is 6.42 Å². The van der Waals surface area contributed by atoms with Crippen LogP contribution in [0.2, 0.25) is 0 Å². The van der Waals surface area contributed by atoms with Gasteiger partial charge in [0.2, 0.25) is 0 Å². The van der Waals surface area contributed by atoms with E-state index in [1.807, 2.05) is 0 Å². The van der Waals surface area contributed by atoms with E-state index in [2.05, 4.69) is 36.4 Å². The molecule has 0 fully saturated rings. The molecule has 1 nitrogen and oxygen atoms in total. The zero-order valence-corrected chi connectivity index (χ0v) is 9.73. The molecule has 0 aromatic rings. The van der Waals surface area contributed by atoms with Gasteiger partial charge in [-0.2, -0.15) is 0 Å². The van der Waals surface area contributed by atoms with E-state index in [1.165, 1.54) is 25.7 Å². The summed E-state index contributed by atoms with van der Waals surface area (Å²) < 4.78 is 0.455. The van der Waals surface area contributed by atoms with Gasteiger partial charge in [0.25, 0.3) is 0 Å². The lowest BCUT2D eigenvalue weighted by Gasteiger charge is -2.14. The minimum atomic E-state index is 0.355. The Hall–Kier alpha value is 0.690. The molecule has 68 valence electrons. The summed E-state index contributed by atoms with van der Waals surface area (Å²) in [5.74, 6) is 0. The van der Waals surface area contributed by atoms with Crippen LogP contribution in [0.4, 0.5) is 0 Å². The molecule has 0 unspecified atom stereocenters. The molecule has 0 aliphatic carbocycles. The average molecular weight is 270 g/mol. The third-order valence-electron chi connectivity index (χ3n) is 1.68. The molecule has 0 rings (SSSR count). The molecule has 0 aliphatic rings. The van der Waals surface area contributed by atoms with Gasteiger partial charge in [-0.05, 0) is 12.8 Å². The van der Waals surface area contributed by atoms with E-state index in [-0.39, 0.29) is 0 Å². The largest absolute Gasteiger partial charge is 0.396 e. The molecule has 1 N–H and O–H groups in total. The van der Waals surface area contributed by atoms with Gasteiger partial charge in [0.05, 0.1) is 0 Å². The zero-order valence-electron chi connectivity index (χ0n) is 7.57. The Morgan fingerprint density at radius 2 is 1.64 bits per heavy atom. The van der Waals surface area contributed by atoms with Gasteiger partial charge < -0.3 is 5.11 Å². The van der Waals surface area contributed by atoms with Crippen LogP contribution in [0.1, 0.15) is 46.0 Å². The standard InChI is InChI=1S/C9H19IO/c1-9(2,10)7-5-3-4-6-8-11/h11H,3-8H2,1-2H3. The minimum Gasteiger partial charge on any atom is -0.396 e. The fourth-order valence-electron chi connectivity index (χ4n) is 1.01. The van der Waals surface area contributed by atoms with Crippen molar-refractivity contribution in [3.63, 3.8) is 0 Å². The predicted molar refractivity (Wildman–Crippen MR) is 58.3 cm³/mol. The van der Waals surface area contributed by atoms with Gasteiger partial charge in [0.15, 0.2) is 0 Å². The van der Waals surface area contributed by atoms with Crippen LogP contribution in [0.5, 0.6) is 0 Å².